The number of piperidine rings is 1. The number of rotatable bonds is 3. The number of pyridine rings is 1. The van der Waals surface area contributed by atoms with Gasteiger partial charge < -0.3 is 4.90 Å². The van der Waals surface area contributed by atoms with Crippen molar-refractivity contribution in [3.05, 3.63) is 66.0 Å². The van der Waals surface area contributed by atoms with Gasteiger partial charge in [-0.3, -0.25) is 9.88 Å². The van der Waals surface area contributed by atoms with Crippen LogP contribution in [0.2, 0.25) is 0 Å². The van der Waals surface area contributed by atoms with Crippen molar-refractivity contribution in [2.75, 3.05) is 20.1 Å². The van der Waals surface area contributed by atoms with Crippen molar-refractivity contribution in [1.29, 1.82) is 0 Å². The van der Waals surface area contributed by atoms with E-state index in [1.807, 2.05) is 12.3 Å². The van der Waals surface area contributed by atoms with Gasteiger partial charge in [-0.1, -0.05) is 42.8 Å². The molecule has 3 heterocycles. The summed E-state index contributed by atoms with van der Waals surface area (Å²) in [6.45, 7) is 3.37. The van der Waals surface area contributed by atoms with Crippen LogP contribution in [0.15, 0.2) is 54.7 Å². The second-order valence-electron chi connectivity index (χ2n) is 7.63. The van der Waals surface area contributed by atoms with Crippen LogP contribution >= 0.6 is 0 Å². The van der Waals surface area contributed by atoms with Crippen LogP contribution in [0.5, 0.6) is 0 Å². The van der Waals surface area contributed by atoms with Crippen molar-refractivity contribution in [2.24, 2.45) is 0 Å². The Hall–Kier alpha value is -1.71. The van der Waals surface area contributed by atoms with Gasteiger partial charge in [0.25, 0.3) is 0 Å². The van der Waals surface area contributed by atoms with Crippen LogP contribution in [0.1, 0.15) is 42.9 Å². The molecule has 0 unspecified atom stereocenters. The van der Waals surface area contributed by atoms with Crippen LogP contribution in [-0.4, -0.2) is 47.0 Å². The average molecular weight is 335 g/mol. The second-order valence-corrected chi connectivity index (χ2v) is 7.63. The van der Waals surface area contributed by atoms with E-state index in [1.165, 1.54) is 50.0 Å². The lowest BCUT2D eigenvalue weighted by atomic mass is 9.79. The minimum atomic E-state index is 0.589. The second kappa shape index (κ2) is 7.67. The molecule has 0 radical (unpaired) electrons. The Labute approximate surface area is 151 Å². The van der Waals surface area contributed by atoms with E-state index in [2.05, 4.69) is 64.3 Å². The zero-order valence-electron chi connectivity index (χ0n) is 15.2. The molecule has 1 aromatic heterocycles. The average Bonchev–Trinajstić information content (AvgIpc) is 2.87. The first kappa shape index (κ1) is 16.7. The number of nitrogens with zero attached hydrogens (tertiary/aromatic N) is 3. The van der Waals surface area contributed by atoms with Gasteiger partial charge in [0.15, 0.2) is 0 Å². The van der Waals surface area contributed by atoms with E-state index < -0.39 is 0 Å². The topological polar surface area (TPSA) is 19.4 Å². The number of benzene rings is 1. The van der Waals surface area contributed by atoms with Crippen LogP contribution in [0.3, 0.4) is 0 Å². The predicted molar refractivity (Wildman–Crippen MR) is 103 cm³/mol. The lowest BCUT2D eigenvalue weighted by Crippen LogP contribution is -2.56. The summed E-state index contributed by atoms with van der Waals surface area (Å²) in [5.74, 6) is 0.629. The summed E-state index contributed by atoms with van der Waals surface area (Å²) in [4.78, 5) is 9.94. The Morgan fingerprint density at radius 2 is 1.80 bits per heavy atom. The van der Waals surface area contributed by atoms with Crippen LogP contribution in [0.4, 0.5) is 0 Å². The highest BCUT2D eigenvalue weighted by molar-refractivity contribution is 5.24. The van der Waals surface area contributed by atoms with Gasteiger partial charge in [0, 0.05) is 30.7 Å². The van der Waals surface area contributed by atoms with Gasteiger partial charge in [-0.15, -0.1) is 0 Å². The minimum Gasteiger partial charge on any atom is -0.302 e. The summed E-state index contributed by atoms with van der Waals surface area (Å²) in [5.41, 5.74) is 2.71. The van der Waals surface area contributed by atoms with Crippen LogP contribution < -0.4 is 0 Å². The summed E-state index contributed by atoms with van der Waals surface area (Å²) in [7, 11) is 2.32. The fourth-order valence-corrected chi connectivity index (χ4v) is 4.86. The number of aromatic nitrogens is 1. The fourth-order valence-electron chi connectivity index (χ4n) is 4.86. The van der Waals surface area contributed by atoms with Crippen LogP contribution in [0.25, 0.3) is 0 Å². The fraction of sp³-hybridized carbons (Fsp3) is 0.500. The quantitative estimate of drug-likeness (QED) is 0.847. The van der Waals surface area contributed by atoms with E-state index in [0.717, 1.165) is 6.54 Å². The van der Waals surface area contributed by atoms with Crippen molar-refractivity contribution in [3.63, 3.8) is 0 Å². The molecule has 2 aliphatic rings. The van der Waals surface area contributed by atoms with Gasteiger partial charge in [-0.2, -0.15) is 0 Å². The molecule has 4 rings (SSSR count). The Kier molecular flexibility index (Phi) is 5.14. The molecule has 3 heteroatoms. The van der Waals surface area contributed by atoms with Gasteiger partial charge in [0.05, 0.1) is 5.69 Å². The Balaban J connectivity index is 1.66. The summed E-state index contributed by atoms with van der Waals surface area (Å²) in [6.07, 6.45) is 7.14. The SMILES string of the molecule is CN1CC[C@H](c2ccccc2)[C@@H]2[C@H]1CCCCN2Cc1ccccn1. The molecule has 1 aromatic carbocycles. The highest BCUT2D eigenvalue weighted by Crippen LogP contribution is 2.38. The van der Waals surface area contributed by atoms with E-state index in [1.54, 1.807) is 0 Å². The molecular weight excluding hydrogens is 306 g/mol. The van der Waals surface area contributed by atoms with Gasteiger partial charge in [0.1, 0.15) is 0 Å². The summed E-state index contributed by atoms with van der Waals surface area (Å²) in [5, 5.41) is 0. The minimum absolute atomic E-state index is 0.589. The highest BCUT2D eigenvalue weighted by Gasteiger charge is 2.41. The first-order chi connectivity index (χ1) is 12.3. The van der Waals surface area contributed by atoms with E-state index >= 15 is 0 Å². The largest absolute Gasteiger partial charge is 0.302 e. The van der Waals surface area contributed by atoms with E-state index in [9.17, 15) is 0 Å². The zero-order chi connectivity index (χ0) is 17.1. The summed E-state index contributed by atoms with van der Waals surface area (Å²) >= 11 is 0. The third kappa shape index (κ3) is 3.63. The molecule has 2 aromatic rings. The number of likely N-dealkylation sites (N-methyl/N-ethyl adjacent to an activating group) is 1. The smallest absolute Gasteiger partial charge is 0.0544 e. The van der Waals surface area contributed by atoms with E-state index in [-0.39, 0.29) is 0 Å². The van der Waals surface area contributed by atoms with Crippen molar-refractivity contribution in [2.45, 2.75) is 50.2 Å². The molecule has 0 amide bonds. The molecule has 2 aliphatic heterocycles. The molecule has 2 fully saturated rings. The maximum Gasteiger partial charge on any atom is 0.0544 e. The third-order valence-corrected chi connectivity index (χ3v) is 6.10. The highest BCUT2D eigenvalue weighted by atomic mass is 15.3. The Morgan fingerprint density at radius 3 is 2.60 bits per heavy atom. The Bertz CT molecular complexity index is 657. The lowest BCUT2D eigenvalue weighted by molar-refractivity contribution is 0.0413. The number of hydrogen-bond donors (Lipinski definition) is 0. The monoisotopic (exact) mass is 335 g/mol. The summed E-state index contributed by atoms with van der Waals surface area (Å²) < 4.78 is 0. The molecule has 0 spiro atoms. The van der Waals surface area contributed by atoms with Gasteiger partial charge in [-0.05, 0) is 57.1 Å². The zero-order valence-corrected chi connectivity index (χ0v) is 15.2. The van der Waals surface area contributed by atoms with Crippen molar-refractivity contribution in [1.82, 2.24) is 14.8 Å². The normalized spacial score (nSPS) is 28.3. The molecule has 0 saturated carbocycles. The predicted octanol–water partition coefficient (Wildman–Crippen LogP) is 3.92. The first-order valence-electron chi connectivity index (χ1n) is 9.72. The van der Waals surface area contributed by atoms with Gasteiger partial charge in [-0.25, -0.2) is 0 Å². The molecule has 3 atom stereocenters. The molecule has 0 N–H and O–H groups in total. The maximum atomic E-state index is 4.60. The molecule has 2 saturated heterocycles. The van der Waals surface area contributed by atoms with Crippen molar-refractivity contribution in [3.8, 4) is 0 Å². The molecule has 25 heavy (non-hydrogen) atoms. The molecule has 3 nitrogen and oxygen atoms in total. The van der Waals surface area contributed by atoms with Gasteiger partial charge >= 0.3 is 0 Å². The van der Waals surface area contributed by atoms with Crippen molar-refractivity contribution >= 4 is 0 Å². The maximum absolute atomic E-state index is 4.60. The molecular formula is C22H29N3. The number of likely N-dealkylation sites (tertiary alicyclic amines) is 2. The van der Waals surface area contributed by atoms with Crippen LogP contribution in [0, 0.1) is 0 Å². The molecule has 0 bridgehead atoms. The molecule has 0 aliphatic carbocycles. The van der Waals surface area contributed by atoms with Crippen molar-refractivity contribution < 1.29 is 0 Å². The third-order valence-electron chi connectivity index (χ3n) is 6.10. The number of hydrogen-bond acceptors (Lipinski definition) is 3. The lowest BCUT2D eigenvalue weighted by Gasteiger charge is -2.48. The van der Waals surface area contributed by atoms with Gasteiger partial charge in [0.2, 0.25) is 0 Å². The summed E-state index contributed by atoms with van der Waals surface area (Å²) in [6, 6.07) is 18.7. The Morgan fingerprint density at radius 1 is 0.960 bits per heavy atom. The molecule has 132 valence electrons. The van der Waals surface area contributed by atoms with E-state index in [0.29, 0.717) is 18.0 Å². The van der Waals surface area contributed by atoms with Crippen LogP contribution in [-0.2, 0) is 6.54 Å². The number of fused-ring (bicyclic) bond motifs is 1. The standard InChI is InChI=1S/C22H29N3/c1-24-16-13-20(18-9-3-2-4-10-18)22-21(24)12-6-8-15-25(22)17-19-11-5-7-14-23-19/h2-5,7,9-11,14,20-22H,6,8,12-13,15-17H2,1H3/t20-,21-,22-/m1/s1. The van der Waals surface area contributed by atoms with E-state index in [4.69, 9.17) is 0 Å². The first-order valence-corrected chi connectivity index (χ1v) is 9.72.